The van der Waals surface area contributed by atoms with Crippen LogP contribution in [0.15, 0.2) is 0 Å². The minimum Gasteiger partial charge on any atom is -0.465 e. The van der Waals surface area contributed by atoms with Gasteiger partial charge in [-0.1, -0.05) is 175 Å². The molecule has 2 atom stereocenters. The van der Waals surface area contributed by atoms with E-state index >= 15 is 0 Å². The zero-order chi connectivity index (χ0) is 38.2. The van der Waals surface area contributed by atoms with Gasteiger partial charge in [-0.25, -0.2) is 0 Å². The Morgan fingerprint density at radius 1 is 0.442 bits per heavy atom. The molecule has 0 aromatic rings. The van der Waals surface area contributed by atoms with Crippen LogP contribution in [-0.2, 0) is 19.1 Å². The Hall–Kier alpha value is -1.61. The van der Waals surface area contributed by atoms with E-state index in [-0.39, 0.29) is 23.8 Å². The summed E-state index contributed by atoms with van der Waals surface area (Å²) in [5.41, 5.74) is 0. The molecule has 0 rings (SSSR count). The van der Waals surface area contributed by atoms with Gasteiger partial charge in [-0.2, -0.15) is 5.26 Å². The number of esters is 2. The maximum Gasteiger partial charge on any atom is 0.308 e. The Kier molecular flexibility index (Phi) is 39.3. The van der Waals surface area contributed by atoms with Crippen molar-refractivity contribution >= 4 is 11.9 Å². The zero-order valence-corrected chi connectivity index (χ0v) is 35.3. The highest BCUT2D eigenvalue weighted by atomic mass is 16.5. The van der Waals surface area contributed by atoms with Crippen molar-refractivity contribution in [3.05, 3.63) is 0 Å². The van der Waals surface area contributed by atoms with Crippen molar-refractivity contribution in [2.24, 2.45) is 11.8 Å². The van der Waals surface area contributed by atoms with Crippen LogP contribution in [0.1, 0.15) is 233 Å². The van der Waals surface area contributed by atoms with E-state index in [4.69, 9.17) is 9.47 Å². The van der Waals surface area contributed by atoms with E-state index in [9.17, 15) is 14.9 Å². The summed E-state index contributed by atoms with van der Waals surface area (Å²) in [4.78, 5) is 28.2. The average molecular weight is 733 g/mol. The van der Waals surface area contributed by atoms with Crippen molar-refractivity contribution < 1.29 is 19.1 Å². The lowest BCUT2D eigenvalue weighted by molar-refractivity contribution is -0.150. The summed E-state index contributed by atoms with van der Waals surface area (Å²) in [6, 6.07) is 2.32. The summed E-state index contributed by atoms with van der Waals surface area (Å²) in [5, 5.41) is 9.18. The number of hydrogen-bond donors (Lipinski definition) is 0. The molecule has 0 fully saturated rings. The van der Waals surface area contributed by atoms with Crippen LogP contribution in [0.25, 0.3) is 0 Å². The van der Waals surface area contributed by atoms with Crippen molar-refractivity contribution in [3.8, 4) is 6.07 Å². The maximum absolute atomic E-state index is 12.9. The molecule has 2 unspecified atom stereocenters. The third-order valence-electron chi connectivity index (χ3n) is 10.8. The van der Waals surface area contributed by atoms with Crippen molar-refractivity contribution in [3.63, 3.8) is 0 Å². The van der Waals surface area contributed by atoms with E-state index < -0.39 is 0 Å². The standard InChI is InChI=1S/C46H88N2O4/c1-5-9-13-16-18-26-35-43(33-24-12-8-4)45(49)51-41-30-22-20-28-38-48(40-32-37-47)39-29-21-23-31-42-52-46(50)44(34-25-15-11-7-3)36-27-19-17-14-10-6-2/h43-44H,5-36,38-42H2,1-4H3. The molecule has 0 aromatic carbocycles. The van der Waals surface area contributed by atoms with E-state index in [1.165, 1.54) is 96.3 Å². The van der Waals surface area contributed by atoms with Crippen LogP contribution in [0.5, 0.6) is 0 Å². The first-order chi connectivity index (χ1) is 25.5. The van der Waals surface area contributed by atoms with Gasteiger partial charge in [0, 0.05) is 13.0 Å². The molecule has 0 aromatic heterocycles. The summed E-state index contributed by atoms with van der Waals surface area (Å²) >= 11 is 0. The molecule has 0 spiro atoms. The van der Waals surface area contributed by atoms with Crippen LogP contribution in [0.3, 0.4) is 0 Å². The number of rotatable bonds is 41. The SMILES string of the molecule is CCCCCCCCC(CCCCC)C(=O)OCCCCCCN(CCC#N)CCCCCCOC(=O)C(CCCCCC)CCCCCCCC. The van der Waals surface area contributed by atoms with Gasteiger partial charge < -0.3 is 14.4 Å². The van der Waals surface area contributed by atoms with Crippen LogP contribution in [0, 0.1) is 23.2 Å². The van der Waals surface area contributed by atoms with Gasteiger partial charge in [0.15, 0.2) is 0 Å². The molecule has 0 bridgehead atoms. The predicted molar refractivity (Wildman–Crippen MR) is 221 cm³/mol. The number of nitrogens with zero attached hydrogens (tertiary/aromatic N) is 2. The molecule has 0 saturated carbocycles. The smallest absolute Gasteiger partial charge is 0.308 e. The van der Waals surface area contributed by atoms with Crippen LogP contribution >= 0.6 is 0 Å². The van der Waals surface area contributed by atoms with Gasteiger partial charge in [0.25, 0.3) is 0 Å². The Bertz CT molecular complexity index is 813. The lowest BCUT2D eigenvalue weighted by atomic mass is 9.94. The maximum atomic E-state index is 12.9. The molecule has 6 heteroatoms. The van der Waals surface area contributed by atoms with Crippen molar-refractivity contribution in [1.82, 2.24) is 4.90 Å². The van der Waals surface area contributed by atoms with Gasteiger partial charge in [0.2, 0.25) is 0 Å². The Morgan fingerprint density at radius 3 is 1.15 bits per heavy atom. The fraction of sp³-hybridized carbons (Fsp3) is 0.935. The highest BCUT2D eigenvalue weighted by molar-refractivity contribution is 5.72. The molecule has 0 heterocycles. The van der Waals surface area contributed by atoms with E-state index in [2.05, 4.69) is 38.7 Å². The number of unbranched alkanes of at least 4 members (excludes halogenated alkanes) is 21. The number of carbonyl (C=O) groups excluding carboxylic acids is 2. The average Bonchev–Trinajstić information content (AvgIpc) is 3.15. The zero-order valence-electron chi connectivity index (χ0n) is 35.3. The van der Waals surface area contributed by atoms with E-state index in [1.807, 2.05) is 0 Å². The molecule has 0 N–H and O–H groups in total. The first-order valence-corrected chi connectivity index (χ1v) is 23.0. The number of carbonyl (C=O) groups is 2. The van der Waals surface area contributed by atoms with Gasteiger partial charge >= 0.3 is 11.9 Å². The first-order valence-electron chi connectivity index (χ1n) is 23.0. The Balaban J connectivity index is 4.26. The van der Waals surface area contributed by atoms with Crippen LogP contribution in [0.2, 0.25) is 0 Å². The minimum absolute atomic E-state index is 0.0380. The van der Waals surface area contributed by atoms with Crippen LogP contribution < -0.4 is 0 Å². The Morgan fingerprint density at radius 2 is 0.750 bits per heavy atom. The molecular formula is C46H88N2O4. The summed E-state index contributed by atoms with van der Waals surface area (Å²) in [6.07, 6.45) is 36.5. The van der Waals surface area contributed by atoms with Crippen molar-refractivity contribution in [2.45, 2.75) is 233 Å². The molecule has 0 aliphatic heterocycles. The van der Waals surface area contributed by atoms with E-state index in [0.29, 0.717) is 19.6 Å². The van der Waals surface area contributed by atoms with Gasteiger partial charge in [-0.05, 0) is 64.5 Å². The normalized spacial score (nSPS) is 12.5. The second kappa shape index (κ2) is 40.6. The molecule has 306 valence electrons. The first kappa shape index (κ1) is 50.4. The minimum atomic E-state index is 0.0380. The third-order valence-corrected chi connectivity index (χ3v) is 10.8. The number of ether oxygens (including phenoxy) is 2. The van der Waals surface area contributed by atoms with Gasteiger partial charge in [0.1, 0.15) is 0 Å². The van der Waals surface area contributed by atoms with Crippen LogP contribution in [0.4, 0.5) is 0 Å². The van der Waals surface area contributed by atoms with Crippen molar-refractivity contribution in [2.75, 3.05) is 32.8 Å². The fourth-order valence-electron chi connectivity index (χ4n) is 7.27. The number of hydrogen-bond acceptors (Lipinski definition) is 6. The quantitative estimate of drug-likeness (QED) is 0.0460. The molecule has 0 aliphatic rings. The highest BCUT2D eigenvalue weighted by Crippen LogP contribution is 2.22. The highest BCUT2D eigenvalue weighted by Gasteiger charge is 2.20. The lowest BCUT2D eigenvalue weighted by Gasteiger charge is -2.21. The summed E-state index contributed by atoms with van der Waals surface area (Å²) in [6.45, 7) is 12.9. The van der Waals surface area contributed by atoms with E-state index in [0.717, 1.165) is 122 Å². The second-order valence-corrected chi connectivity index (χ2v) is 15.8. The van der Waals surface area contributed by atoms with Crippen LogP contribution in [-0.4, -0.2) is 49.7 Å². The molecule has 0 amide bonds. The second-order valence-electron chi connectivity index (χ2n) is 15.8. The molecule has 6 nitrogen and oxygen atoms in total. The van der Waals surface area contributed by atoms with Gasteiger partial charge in [-0.3, -0.25) is 9.59 Å². The summed E-state index contributed by atoms with van der Waals surface area (Å²) in [7, 11) is 0. The summed E-state index contributed by atoms with van der Waals surface area (Å²) in [5.74, 6) is 0.245. The lowest BCUT2D eigenvalue weighted by Crippen LogP contribution is -2.27. The largest absolute Gasteiger partial charge is 0.465 e. The molecule has 0 radical (unpaired) electrons. The molecular weight excluding hydrogens is 645 g/mol. The van der Waals surface area contributed by atoms with Gasteiger partial charge in [-0.15, -0.1) is 0 Å². The van der Waals surface area contributed by atoms with Gasteiger partial charge in [0.05, 0.1) is 31.1 Å². The van der Waals surface area contributed by atoms with Crippen molar-refractivity contribution in [1.29, 1.82) is 5.26 Å². The predicted octanol–water partition coefficient (Wildman–Crippen LogP) is 13.7. The molecule has 0 aliphatic carbocycles. The third kappa shape index (κ3) is 33.0. The molecule has 52 heavy (non-hydrogen) atoms. The fourth-order valence-corrected chi connectivity index (χ4v) is 7.27. The van der Waals surface area contributed by atoms with E-state index in [1.54, 1.807) is 0 Å². The summed E-state index contributed by atoms with van der Waals surface area (Å²) < 4.78 is 11.6. The number of nitriles is 1. The monoisotopic (exact) mass is 733 g/mol. The topological polar surface area (TPSA) is 79.6 Å². The molecule has 0 saturated heterocycles. The Labute approximate surface area is 324 Å².